The third-order valence-electron chi connectivity index (χ3n) is 4.08. The molecule has 0 aromatic carbocycles. The van der Waals surface area contributed by atoms with Gasteiger partial charge in [0, 0.05) is 6.54 Å². The van der Waals surface area contributed by atoms with Crippen LogP contribution in [0.4, 0.5) is 0 Å². The second-order valence-corrected chi connectivity index (χ2v) is 5.22. The Kier molecular flexibility index (Phi) is 5.17. The molecule has 1 fully saturated rings. The van der Waals surface area contributed by atoms with Crippen LogP contribution in [-0.4, -0.2) is 47.1 Å². The van der Waals surface area contributed by atoms with Crippen LogP contribution in [0.15, 0.2) is 5.16 Å². The zero-order chi connectivity index (χ0) is 14.6. The molecule has 0 spiro atoms. The molecule has 110 valence electrons. The zero-order valence-electron chi connectivity index (χ0n) is 12.2. The highest BCUT2D eigenvalue weighted by Gasteiger charge is 2.44. The average Bonchev–Trinajstić information content (AvgIpc) is 2.42. The summed E-state index contributed by atoms with van der Waals surface area (Å²) in [5.41, 5.74) is 4.87. The normalized spacial score (nSPS) is 25.5. The summed E-state index contributed by atoms with van der Waals surface area (Å²) in [6.45, 7) is 8.72. The second-order valence-electron chi connectivity index (χ2n) is 5.22. The van der Waals surface area contributed by atoms with E-state index in [-0.39, 0.29) is 23.9 Å². The first-order valence-electron chi connectivity index (χ1n) is 6.83. The number of nitrogens with two attached hydrogens (primary N) is 1. The van der Waals surface area contributed by atoms with Crippen molar-refractivity contribution >= 4 is 11.7 Å². The second kappa shape index (κ2) is 6.23. The van der Waals surface area contributed by atoms with Gasteiger partial charge in [0.05, 0.1) is 18.8 Å². The molecule has 2 unspecified atom stereocenters. The molecular weight excluding hydrogens is 246 g/mol. The smallest absolute Gasteiger partial charge is 0.236 e. The lowest BCUT2D eigenvalue weighted by Crippen LogP contribution is -2.58. The Balaban J connectivity index is 3.06. The van der Waals surface area contributed by atoms with Crippen LogP contribution in [0.3, 0.4) is 0 Å². The average molecular weight is 271 g/mol. The fraction of sp³-hybridized carbons (Fsp3) is 0.846. The van der Waals surface area contributed by atoms with E-state index >= 15 is 0 Å². The Morgan fingerprint density at radius 1 is 1.47 bits per heavy atom. The third kappa shape index (κ3) is 2.83. The van der Waals surface area contributed by atoms with Crippen molar-refractivity contribution in [2.24, 2.45) is 16.3 Å². The Hall–Kier alpha value is -1.30. The van der Waals surface area contributed by atoms with Gasteiger partial charge in [-0.1, -0.05) is 19.0 Å². The zero-order valence-corrected chi connectivity index (χ0v) is 12.2. The largest absolute Gasteiger partial charge is 0.409 e. The number of amides is 1. The van der Waals surface area contributed by atoms with Gasteiger partial charge in [0.25, 0.3) is 0 Å². The minimum Gasteiger partial charge on any atom is -0.409 e. The Labute approximate surface area is 114 Å². The van der Waals surface area contributed by atoms with Crippen molar-refractivity contribution < 1.29 is 14.7 Å². The monoisotopic (exact) mass is 271 g/mol. The first-order chi connectivity index (χ1) is 8.92. The highest BCUT2D eigenvalue weighted by molar-refractivity contribution is 6.06. The molecule has 0 aromatic rings. The quantitative estimate of drug-likeness (QED) is 0.348. The minimum absolute atomic E-state index is 0.00570. The molecule has 6 nitrogen and oxygen atoms in total. The van der Waals surface area contributed by atoms with E-state index in [1.807, 2.05) is 27.7 Å². The highest BCUT2D eigenvalue weighted by atomic mass is 16.5. The van der Waals surface area contributed by atoms with Crippen LogP contribution in [0, 0.1) is 5.41 Å². The summed E-state index contributed by atoms with van der Waals surface area (Å²) < 4.78 is 5.53. The van der Waals surface area contributed by atoms with Gasteiger partial charge in [-0.2, -0.15) is 0 Å². The number of oxime groups is 1. The van der Waals surface area contributed by atoms with Crippen LogP contribution >= 0.6 is 0 Å². The predicted molar refractivity (Wildman–Crippen MR) is 73.0 cm³/mol. The molecule has 1 heterocycles. The molecule has 1 amide bonds. The summed E-state index contributed by atoms with van der Waals surface area (Å²) in [6.07, 6.45) is 1.03. The number of hydrogen-bond acceptors (Lipinski definition) is 4. The summed E-state index contributed by atoms with van der Waals surface area (Å²) in [7, 11) is 0. The number of hydrogen-bond donors (Lipinski definition) is 2. The summed E-state index contributed by atoms with van der Waals surface area (Å²) in [4.78, 5) is 14.6. The molecule has 0 bridgehead atoms. The van der Waals surface area contributed by atoms with Crippen molar-refractivity contribution in [3.63, 3.8) is 0 Å². The lowest BCUT2D eigenvalue weighted by atomic mass is 9.79. The Morgan fingerprint density at radius 3 is 2.53 bits per heavy atom. The maximum Gasteiger partial charge on any atom is 0.236 e. The van der Waals surface area contributed by atoms with Crippen molar-refractivity contribution in [2.75, 3.05) is 13.2 Å². The summed E-state index contributed by atoms with van der Waals surface area (Å²) >= 11 is 0. The van der Waals surface area contributed by atoms with Crippen LogP contribution in [0.5, 0.6) is 0 Å². The van der Waals surface area contributed by atoms with Crippen LogP contribution in [0.1, 0.15) is 40.5 Å². The number of morpholine rings is 1. The van der Waals surface area contributed by atoms with Gasteiger partial charge in [0.15, 0.2) is 5.84 Å². The fourth-order valence-corrected chi connectivity index (χ4v) is 2.58. The molecule has 2 atom stereocenters. The number of rotatable bonds is 4. The molecular formula is C13H25N3O3. The van der Waals surface area contributed by atoms with Gasteiger partial charge in [-0.05, 0) is 26.7 Å². The number of carbonyl (C=O) groups excluding carboxylic acids is 1. The van der Waals surface area contributed by atoms with Crippen LogP contribution in [0.25, 0.3) is 0 Å². The fourth-order valence-electron chi connectivity index (χ4n) is 2.58. The van der Waals surface area contributed by atoms with Gasteiger partial charge in [0.1, 0.15) is 5.41 Å². The van der Waals surface area contributed by atoms with E-state index in [1.165, 1.54) is 0 Å². The van der Waals surface area contributed by atoms with Gasteiger partial charge >= 0.3 is 0 Å². The molecule has 0 radical (unpaired) electrons. The SMILES string of the molecule is CCC(CC)(C(=O)N1CC(C)OCC1C)C(N)=NO. The van der Waals surface area contributed by atoms with Crippen LogP contribution in [0.2, 0.25) is 0 Å². The van der Waals surface area contributed by atoms with E-state index in [0.29, 0.717) is 26.0 Å². The third-order valence-corrected chi connectivity index (χ3v) is 4.08. The molecule has 19 heavy (non-hydrogen) atoms. The Bertz CT molecular complexity index is 353. The standard InChI is InChI=1S/C13H25N3O3/c1-5-13(6-2,11(14)15-18)12(17)16-7-10(4)19-8-9(16)3/h9-10,18H,5-8H2,1-4H3,(H2,14,15). The molecule has 0 saturated carbocycles. The van der Waals surface area contributed by atoms with Crippen molar-refractivity contribution in [3.8, 4) is 0 Å². The number of carbonyl (C=O) groups is 1. The van der Waals surface area contributed by atoms with Gasteiger partial charge < -0.3 is 20.6 Å². The molecule has 1 aliphatic rings. The summed E-state index contributed by atoms with van der Waals surface area (Å²) in [5, 5.41) is 12.0. The van der Waals surface area contributed by atoms with E-state index in [4.69, 9.17) is 15.7 Å². The first-order valence-corrected chi connectivity index (χ1v) is 6.83. The van der Waals surface area contributed by atoms with E-state index in [9.17, 15) is 4.79 Å². The van der Waals surface area contributed by atoms with Gasteiger partial charge in [-0.25, -0.2) is 0 Å². The molecule has 1 rings (SSSR count). The van der Waals surface area contributed by atoms with Gasteiger partial charge in [0.2, 0.25) is 5.91 Å². The molecule has 3 N–H and O–H groups in total. The lowest BCUT2D eigenvalue weighted by molar-refractivity contribution is -0.151. The topological polar surface area (TPSA) is 88.2 Å². The van der Waals surface area contributed by atoms with E-state index < -0.39 is 5.41 Å². The van der Waals surface area contributed by atoms with Gasteiger partial charge in [-0.15, -0.1) is 0 Å². The minimum atomic E-state index is -0.917. The van der Waals surface area contributed by atoms with E-state index in [2.05, 4.69) is 5.16 Å². The number of nitrogens with zero attached hydrogens (tertiary/aromatic N) is 2. The van der Waals surface area contributed by atoms with Crippen LogP contribution in [-0.2, 0) is 9.53 Å². The molecule has 1 aliphatic heterocycles. The van der Waals surface area contributed by atoms with E-state index in [0.717, 1.165) is 0 Å². The predicted octanol–water partition coefficient (Wildman–Crippen LogP) is 1.17. The summed E-state index contributed by atoms with van der Waals surface area (Å²) in [5.74, 6) is -0.0794. The maximum absolute atomic E-state index is 12.8. The van der Waals surface area contributed by atoms with Crippen molar-refractivity contribution in [2.45, 2.75) is 52.7 Å². The number of amidine groups is 1. The van der Waals surface area contributed by atoms with Crippen molar-refractivity contribution in [1.29, 1.82) is 0 Å². The maximum atomic E-state index is 12.8. The number of ether oxygens (including phenoxy) is 1. The lowest BCUT2D eigenvalue weighted by Gasteiger charge is -2.42. The van der Waals surface area contributed by atoms with Crippen molar-refractivity contribution in [1.82, 2.24) is 4.90 Å². The molecule has 0 aliphatic carbocycles. The Morgan fingerprint density at radius 2 is 2.05 bits per heavy atom. The molecule has 0 aromatic heterocycles. The molecule has 1 saturated heterocycles. The van der Waals surface area contributed by atoms with Crippen LogP contribution < -0.4 is 5.73 Å². The highest BCUT2D eigenvalue weighted by Crippen LogP contribution is 2.31. The van der Waals surface area contributed by atoms with Gasteiger partial charge in [-0.3, -0.25) is 4.79 Å². The summed E-state index contributed by atoms with van der Waals surface area (Å²) in [6, 6.07) is 0.00710. The van der Waals surface area contributed by atoms with E-state index in [1.54, 1.807) is 4.90 Å². The van der Waals surface area contributed by atoms with Crippen molar-refractivity contribution in [3.05, 3.63) is 0 Å². The first kappa shape index (κ1) is 15.8. The molecule has 6 heteroatoms.